The highest BCUT2D eigenvalue weighted by Crippen LogP contribution is 2.35. The number of rotatable bonds is 6. The van der Waals surface area contributed by atoms with Crippen molar-refractivity contribution in [3.63, 3.8) is 0 Å². The van der Waals surface area contributed by atoms with Gasteiger partial charge >= 0.3 is 0 Å². The predicted molar refractivity (Wildman–Crippen MR) is 132 cm³/mol. The van der Waals surface area contributed by atoms with Crippen LogP contribution in [0.1, 0.15) is 28.8 Å². The van der Waals surface area contributed by atoms with Crippen molar-refractivity contribution in [2.75, 3.05) is 22.9 Å². The monoisotopic (exact) mass is 437 g/mol. The third-order valence-corrected chi connectivity index (χ3v) is 6.08. The molecule has 0 spiro atoms. The summed E-state index contributed by atoms with van der Waals surface area (Å²) >= 11 is 0. The van der Waals surface area contributed by atoms with Crippen molar-refractivity contribution in [1.29, 1.82) is 0 Å². The van der Waals surface area contributed by atoms with E-state index in [0.29, 0.717) is 24.1 Å². The van der Waals surface area contributed by atoms with Crippen LogP contribution in [-0.2, 0) is 11.2 Å². The third-order valence-electron chi connectivity index (χ3n) is 6.08. The largest absolute Gasteiger partial charge is 0.353 e. The molecule has 33 heavy (non-hydrogen) atoms. The first-order valence-corrected chi connectivity index (χ1v) is 11.1. The van der Waals surface area contributed by atoms with Crippen molar-refractivity contribution in [2.45, 2.75) is 24.9 Å². The molecule has 1 amide bonds. The molecule has 5 heteroatoms. The Morgan fingerprint density at radius 1 is 0.970 bits per heavy atom. The number of benzene rings is 3. The smallest absolute Gasteiger partial charge is 0.260 e. The highest BCUT2D eigenvalue weighted by atomic mass is 16.2. The molecule has 1 aliphatic rings. The van der Waals surface area contributed by atoms with Crippen LogP contribution in [0.3, 0.4) is 0 Å². The van der Waals surface area contributed by atoms with Gasteiger partial charge in [0, 0.05) is 16.9 Å². The molecule has 166 valence electrons. The average Bonchev–Trinajstić information content (AvgIpc) is 3.01. The van der Waals surface area contributed by atoms with Gasteiger partial charge in [-0.1, -0.05) is 60.5 Å². The summed E-state index contributed by atoms with van der Waals surface area (Å²) in [5.74, 6) is 2.09. The molecule has 0 saturated carbocycles. The number of hydrogen-bond donors (Lipinski definition) is 1. The van der Waals surface area contributed by atoms with Gasteiger partial charge in [0.1, 0.15) is 0 Å². The van der Waals surface area contributed by atoms with Crippen LogP contribution >= 0.6 is 0 Å². The SMILES string of the molecule is C#CCN(CC(=O)C1(N)CCCc2ccccc2N1C(=O)c1ccccc1)c1ccccc1. The standard InChI is InChI=1S/C28H27N3O2/c1-2-20-30(24-16-7-4-8-17-24)21-26(32)28(29)19-11-15-22-12-9-10-18-25(22)31(28)27(33)23-13-5-3-6-14-23/h1,3-10,12-14,16-18H,11,15,19-21,29H2. The molecule has 1 heterocycles. The number of terminal acetylenes is 1. The maximum absolute atomic E-state index is 13.9. The maximum atomic E-state index is 13.9. The van der Waals surface area contributed by atoms with E-state index in [-0.39, 0.29) is 24.8 Å². The number of nitrogens with two attached hydrogens (primary N) is 1. The molecule has 0 fully saturated rings. The van der Waals surface area contributed by atoms with E-state index in [2.05, 4.69) is 5.92 Å². The van der Waals surface area contributed by atoms with Crippen molar-refractivity contribution < 1.29 is 9.59 Å². The molecule has 3 aromatic rings. The topological polar surface area (TPSA) is 66.6 Å². The number of carbonyl (C=O) groups is 2. The van der Waals surface area contributed by atoms with Crippen LogP contribution in [0.15, 0.2) is 84.9 Å². The predicted octanol–water partition coefficient (Wildman–Crippen LogP) is 4.03. The van der Waals surface area contributed by atoms with Gasteiger partial charge in [-0.05, 0) is 55.2 Å². The van der Waals surface area contributed by atoms with Crippen molar-refractivity contribution in [1.82, 2.24) is 0 Å². The Kier molecular flexibility index (Phi) is 6.58. The molecule has 1 unspecified atom stereocenters. The lowest BCUT2D eigenvalue weighted by molar-refractivity contribution is -0.123. The molecule has 1 atom stereocenters. The lowest BCUT2D eigenvalue weighted by Gasteiger charge is -2.40. The fraction of sp³-hybridized carbons (Fsp3) is 0.214. The molecule has 5 nitrogen and oxygen atoms in total. The van der Waals surface area contributed by atoms with E-state index in [1.807, 2.05) is 65.6 Å². The summed E-state index contributed by atoms with van der Waals surface area (Å²) in [6.45, 7) is 0.264. The highest BCUT2D eigenvalue weighted by molar-refractivity contribution is 6.12. The van der Waals surface area contributed by atoms with Crippen LogP contribution in [0.2, 0.25) is 0 Å². The number of fused-ring (bicyclic) bond motifs is 1. The fourth-order valence-electron chi connectivity index (χ4n) is 4.38. The van der Waals surface area contributed by atoms with Gasteiger partial charge < -0.3 is 10.6 Å². The van der Waals surface area contributed by atoms with Gasteiger partial charge in [-0.3, -0.25) is 14.5 Å². The van der Waals surface area contributed by atoms with Gasteiger partial charge in [-0.2, -0.15) is 0 Å². The Morgan fingerprint density at radius 2 is 1.61 bits per heavy atom. The van der Waals surface area contributed by atoms with Crippen molar-refractivity contribution in [2.24, 2.45) is 5.73 Å². The molecule has 3 aromatic carbocycles. The molecule has 0 aromatic heterocycles. The average molecular weight is 438 g/mol. The minimum atomic E-state index is -1.50. The molecular weight excluding hydrogens is 410 g/mol. The lowest BCUT2D eigenvalue weighted by atomic mass is 9.95. The Morgan fingerprint density at radius 3 is 2.30 bits per heavy atom. The number of amides is 1. The Labute approximate surface area is 194 Å². The molecule has 0 saturated heterocycles. The van der Waals surface area contributed by atoms with Crippen LogP contribution in [0.25, 0.3) is 0 Å². The van der Waals surface area contributed by atoms with E-state index >= 15 is 0 Å². The lowest BCUT2D eigenvalue weighted by Crippen LogP contribution is -2.65. The van der Waals surface area contributed by atoms with Crippen LogP contribution in [0, 0.1) is 12.3 Å². The number of ketones is 1. The van der Waals surface area contributed by atoms with Crippen molar-refractivity contribution in [3.8, 4) is 12.3 Å². The second-order valence-corrected chi connectivity index (χ2v) is 8.23. The molecule has 0 aliphatic carbocycles. The maximum Gasteiger partial charge on any atom is 0.260 e. The normalized spacial score (nSPS) is 17.4. The number of Topliss-reactive ketones (excluding diaryl/α,β-unsaturated/α-hetero) is 1. The van der Waals surface area contributed by atoms with E-state index in [0.717, 1.165) is 17.7 Å². The summed E-state index contributed by atoms with van der Waals surface area (Å²) in [6, 6.07) is 26.1. The minimum absolute atomic E-state index is 0.00541. The van der Waals surface area contributed by atoms with Gasteiger partial charge in [0.15, 0.2) is 11.4 Å². The van der Waals surface area contributed by atoms with Crippen LogP contribution < -0.4 is 15.5 Å². The summed E-state index contributed by atoms with van der Waals surface area (Å²) in [7, 11) is 0. The molecule has 4 rings (SSSR count). The Bertz CT molecular complexity index is 1170. The van der Waals surface area contributed by atoms with Gasteiger partial charge in [-0.15, -0.1) is 6.42 Å². The molecule has 0 bridgehead atoms. The highest BCUT2D eigenvalue weighted by Gasteiger charge is 2.45. The first-order chi connectivity index (χ1) is 16.0. The summed E-state index contributed by atoms with van der Waals surface area (Å²) in [5.41, 5.74) is 8.41. The van der Waals surface area contributed by atoms with E-state index < -0.39 is 5.66 Å². The number of carbonyl (C=O) groups excluding carboxylic acids is 2. The van der Waals surface area contributed by atoms with Crippen LogP contribution in [-0.4, -0.2) is 30.4 Å². The number of nitrogens with zero attached hydrogens (tertiary/aromatic N) is 2. The van der Waals surface area contributed by atoms with E-state index in [1.54, 1.807) is 24.3 Å². The van der Waals surface area contributed by atoms with Crippen molar-refractivity contribution >= 4 is 23.1 Å². The number of aryl methyl sites for hydroxylation is 1. The van der Waals surface area contributed by atoms with Gasteiger partial charge in [-0.25, -0.2) is 0 Å². The second kappa shape index (κ2) is 9.72. The molecule has 0 radical (unpaired) electrons. The molecule has 2 N–H and O–H groups in total. The Balaban J connectivity index is 1.76. The van der Waals surface area contributed by atoms with Crippen LogP contribution in [0.5, 0.6) is 0 Å². The zero-order chi connectivity index (χ0) is 23.3. The number of para-hydroxylation sites is 2. The summed E-state index contributed by atoms with van der Waals surface area (Å²) in [4.78, 5) is 30.9. The zero-order valence-electron chi connectivity index (χ0n) is 18.5. The quantitative estimate of drug-likeness (QED) is 0.591. The van der Waals surface area contributed by atoms with E-state index in [1.165, 1.54) is 4.90 Å². The fourth-order valence-corrected chi connectivity index (χ4v) is 4.38. The molecular formula is C28H27N3O2. The summed E-state index contributed by atoms with van der Waals surface area (Å²) in [6.07, 6.45) is 7.39. The second-order valence-electron chi connectivity index (χ2n) is 8.23. The third kappa shape index (κ3) is 4.52. The van der Waals surface area contributed by atoms with Crippen molar-refractivity contribution in [3.05, 3.63) is 96.1 Å². The van der Waals surface area contributed by atoms with E-state index in [9.17, 15) is 9.59 Å². The number of anilines is 2. The first-order valence-electron chi connectivity index (χ1n) is 11.1. The zero-order valence-corrected chi connectivity index (χ0v) is 18.5. The Hall–Kier alpha value is -3.88. The number of hydrogen-bond acceptors (Lipinski definition) is 4. The van der Waals surface area contributed by atoms with Crippen LogP contribution in [0.4, 0.5) is 11.4 Å². The molecule has 1 aliphatic heterocycles. The van der Waals surface area contributed by atoms with Gasteiger partial charge in [0.25, 0.3) is 5.91 Å². The summed E-state index contributed by atoms with van der Waals surface area (Å²) < 4.78 is 0. The van der Waals surface area contributed by atoms with Gasteiger partial charge in [0.2, 0.25) is 0 Å². The van der Waals surface area contributed by atoms with E-state index in [4.69, 9.17) is 12.2 Å². The first kappa shape index (κ1) is 22.3. The summed E-state index contributed by atoms with van der Waals surface area (Å²) in [5, 5.41) is 0. The van der Waals surface area contributed by atoms with Gasteiger partial charge in [0.05, 0.1) is 13.1 Å². The minimum Gasteiger partial charge on any atom is -0.353 e.